The lowest BCUT2D eigenvalue weighted by molar-refractivity contribution is 1.37. The molecular formula is C22H22N2. The summed E-state index contributed by atoms with van der Waals surface area (Å²) in [5.41, 5.74) is 9.07. The molecule has 0 amide bonds. The molecule has 3 aromatic rings. The van der Waals surface area contributed by atoms with Gasteiger partial charge < -0.3 is 10.7 Å². The predicted octanol–water partition coefficient (Wildman–Crippen LogP) is 6.02. The molecule has 0 aliphatic rings. The Labute approximate surface area is 143 Å². The maximum Gasteiger partial charge on any atom is 0.0473 e. The minimum atomic E-state index is 0.881. The summed E-state index contributed by atoms with van der Waals surface area (Å²) in [4.78, 5) is 0. The van der Waals surface area contributed by atoms with Crippen LogP contribution in [0.15, 0.2) is 60.7 Å². The van der Waals surface area contributed by atoms with E-state index < -0.39 is 0 Å². The van der Waals surface area contributed by atoms with Crippen LogP contribution in [0, 0.1) is 26.2 Å². The molecule has 0 spiro atoms. The van der Waals surface area contributed by atoms with Crippen LogP contribution in [0.25, 0.3) is 11.1 Å². The van der Waals surface area contributed by atoms with E-state index in [1.165, 1.54) is 34.0 Å². The van der Waals surface area contributed by atoms with E-state index in [0.717, 1.165) is 16.9 Å². The van der Waals surface area contributed by atoms with Gasteiger partial charge in [0.25, 0.3) is 0 Å². The summed E-state index contributed by atoms with van der Waals surface area (Å²) in [5, 5.41) is 11.0. The summed E-state index contributed by atoms with van der Waals surface area (Å²) < 4.78 is 0. The molecule has 0 fully saturated rings. The quantitative estimate of drug-likeness (QED) is 0.567. The number of nitrogens with one attached hydrogen (secondary N) is 2. The second kappa shape index (κ2) is 6.71. The Hall–Kier alpha value is -2.87. The van der Waals surface area contributed by atoms with E-state index in [1.807, 2.05) is 24.3 Å². The van der Waals surface area contributed by atoms with E-state index in [2.05, 4.69) is 62.5 Å². The number of hydrogen-bond acceptors (Lipinski definition) is 2. The molecule has 0 bridgehead atoms. The van der Waals surface area contributed by atoms with Crippen molar-refractivity contribution in [2.45, 2.75) is 20.8 Å². The number of benzene rings is 3. The Morgan fingerprint density at radius 2 is 1.33 bits per heavy atom. The lowest BCUT2D eigenvalue weighted by Crippen LogP contribution is -1.96. The molecule has 0 unspecified atom stereocenters. The van der Waals surface area contributed by atoms with Crippen LogP contribution in [0.2, 0.25) is 0 Å². The first kappa shape index (κ1) is 16.0. The second-order valence-electron chi connectivity index (χ2n) is 6.32. The molecule has 0 radical (unpaired) electrons. The summed E-state index contributed by atoms with van der Waals surface area (Å²) in [6, 6.07) is 21.0. The van der Waals surface area contributed by atoms with E-state index in [1.54, 1.807) is 0 Å². The van der Waals surface area contributed by atoms with Crippen LogP contribution in [0.4, 0.5) is 11.4 Å². The monoisotopic (exact) mass is 314 g/mol. The van der Waals surface area contributed by atoms with Crippen LogP contribution in [-0.4, -0.2) is 6.21 Å². The first-order valence-corrected chi connectivity index (χ1v) is 8.12. The Kier molecular flexibility index (Phi) is 4.48. The molecule has 24 heavy (non-hydrogen) atoms. The summed E-state index contributed by atoms with van der Waals surface area (Å²) in [7, 11) is 0. The number of aryl methyl sites for hydroxylation is 3. The topological polar surface area (TPSA) is 35.9 Å². The molecule has 0 heterocycles. The zero-order valence-corrected chi connectivity index (χ0v) is 14.4. The molecule has 3 aromatic carbocycles. The van der Waals surface area contributed by atoms with Gasteiger partial charge in [0, 0.05) is 23.2 Å². The lowest BCUT2D eigenvalue weighted by Gasteiger charge is -2.13. The van der Waals surface area contributed by atoms with Crippen molar-refractivity contribution >= 4 is 17.6 Å². The largest absolute Gasteiger partial charge is 0.355 e. The third kappa shape index (κ3) is 3.54. The third-order valence-electron chi connectivity index (χ3n) is 4.03. The molecule has 120 valence electrons. The fourth-order valence-corrected chi connectivity index (χ4v) is 3.06. The first-order valence-electron chi connectivity index (χ1n) is 8.12. The van der Waals surface area contributed by atoms with E-state index in [0.29, 0.717) is 0 Å². The van der Waals surface area contributed by atoms with Gasteiger partial charge in [-0.05, 0) is 55.7 Å². The number of hydrogen-bond donors (Lipinski definition) is 2. The highest BCUT2D eigenvalue weighted by molar-refractivity contribution is 5.87. The van der Waals surface area contributed by atoms with Crippen LogP contribution in [-0.2, 0) is 0 Å². The highest BCUT2D eigenvalue weighted by Crippen LogP contribution is 2.28. The summed E-state index contributed by atoms with van der Waals surface area (Å²) in [6.45, 7) is 6.37. The Morgan fingerprint density at radius 3 is 2.00 bits per heavy atom. The average molecular weight is 314 g/mol. The average Bonchev–Trinajstić information content (AvgIpc) is 2.54. The van der Waals surface area contributed by atoms with Gasteiger partial charge >= 0.3 is 0 Å². The zero-order chi connectivity index (χ0) is 17.1. The van der Waals surface area contributed by atoms with Gasteiger partial charge in [-0.15, -0.1) is 0 Å². The van der Waals surface area contributed by atoms with E-state index in [4.69, 9.17) is 5.41 Å². The van der Waals surface area contributed by atoms with E-state index >= 15 is 0 Å². The van der Waals surface area contributed by atoms with Gasteiger partial charge in [-0.3, -0.25) is 0 Å². The van der Waals surface area contributed by atoms with Gasteiger partial charge in [-0.2, -0.15) is 0 Å². The fourth-order valence-electron chi connectivity index (χ4n) is 3.06. The Morgan fingerprint density at radius 1 is 0.750 bits per heavy atom. The molecule has 0 aliphatic carbocycles. The minimum Gasteiger partial charge on any atom is -0.355 e. The summed E-state index contributed by atoms with van der Waals surface area (Å²) >= 11 is 0. The number of anilines is 2. The molecule has 3 rings (SSSR count). The molecule has 0 atom stereocenters. The Bertz CT molecular complexity index is 874. The first-order chi connectivity index (χ1) is 11.5. The third-order valence-corrected chi connectivity index (χ3v) is 4.03. The number of rotatable bonds is 4. The van der Waals surface area contributed by atoms with E-state index in [9.17, 15) is 0 Å². The predicted molar refractivity (Wildman–Crippen MR) is 104 cm³/mol. The van der Waals surface area contributed by atoms with Crippen LogP contribution in [0.3, 0.4) is 0 Å². The molecule has 0 saturated carbocycles. The number of para-hydroxylation sites is 1. The van der Waals surface area contributed by atoms with Crippen molar-refractivity contribution in [3.63, 3.8) is 0 Å². The van der Waals surface area contributed by atoms with Crippen LogP contribution in [0.5, 0.6) is 0 Å². The molecule has 0 aromatic heterocycles. The van der Waals surface area contributed by atoms with E-state index in [-0.39, 0.29) is 0 Å². The highest BCUT2D eigenvalue weighted by atomic mass is 14.9. The molecule has 2 nitrogen and oxygen atoms in total. The Balaban J connectivity index is 2.01. The van der Waals surface area contributed by atoms with Gasteiger partial charge in [-0.25, -0.2) is 0 Å². The normalized spacial score (nSPS) is 10.5. The fraction of sp³-hybridized carbons (Fsp3) is 0.136. The van der Waals surface area contributed by atoms with Crippen LogP contribution < -0.4 is 5.32 Å². The minimum absolute atomic E-state index is 0.881. The molecule has 0 saturated heterocycles. The van der Waals surface area contributed by atoms with Crippen molar-refractivity contribution in [2.75, 3.05) is 5.32 Å². The highest BCUT2D eigenvalue weighted by Gasteiger charge is 2.05. The van der Waals surface area contributed by atoms with Crippen molar-refractivity contribution < 1.29 is 0 Å². The lowest BCUT2D eigenvalue weighted by atomic mass is 9.98. The van der Waals surface area contributed by atoms with Crippen molar-refractivity contribution in [3.8, 4) is 11.1 Å². The SMILES string of the molecule is Cc1cc(C)cc(-c2cc(C)cc(Nc3ccccc3C=N)c2)c1. The van der Waals surface area contributed by atoms with Crippen molar-refractivity contribution in [2.24, 2.45) is 0 Å². The van der Waals surface area contributed by atoms with Crippen LogP contribution >= 0.6 is 0 Å². The zero-order valence-electron chi connectivity index (χ0n) is 14.4. The van der Waals surface area contributed by atoms with Crippen molar-refractivity contribution in [1.29, 1.82) is 5.41 Å². The van der Waals surface area contributed by atoms with Crippen LogP contribution in [0.1, 0.15) is 22.3 Å². The summed E-state index contributed by atoms with van der Waals surface area (Å²) in [6.07, 6.45) is 1.38. The maximum atomic E-state index is 7.55. The van der Waals surface area contributed by atoms with Gasteiger partial charge in [0.05, 0.1) is 0 Å². The standard InChI is InChI=1S/C22H22N2/c1-15-8-16(2)10-19(9-15)20-11-17(3)12-21(13-20)24-22-7-5-4-6-18(22)14-23/h4-14,23-24H,1-3H3. The van der Waals surface area contributed by atoms with Gasteiger partial charge in [0.2, 0.25) is 0 Å². The molecular weight excluding hydrogens is 292 g/mol. The molecule has 2 heteroatoms. The van der Waals surface area contributed by atoms with Crippen molar-refractivity contribution in [3.05, 3.63) is 82.9 Å². The molecule has 0 aliphatic heterocycles. The maximum absolute atomic E-state index is 7.55. The van der Waals surface area contributed by atoms with Gasteiger partial charge in [-0.1, -0.05) is 53.6 Å². The van der Waals surface area contributed by atoms with Crippen molar-refractivity contribution in [1.82, 2.24) is 0 Å². The molecule has 2 N–H and O–H groups in total. The van der Waals surface area contributed by atoms with Gasteiger partial charge in [0.15, 0.2) is 0 Å². The second-order valence-corrected chi connectivity index (χ2v) is 6.32. The summed E-state index contributed by atoms with van der Waals surface area (Å²) in [5.74, 6) is 0. The van der Waals surface area contributed by atoms with Gasteiger partial charge in [0.1, 0.15) is 0 Å². The smallest absolute Gasteiger partial charge is 0.0473 e.